The van der Waals surface area contributed by atoms with Gasteiger partial charge in [-0.15, -0.1) is 0 Å². The molecule has 0 radical (unpaired) electrons. The van der Waals surface area contributed by atoms with Gasteiger partial charge < -0.3 is 11.1 Å². The molecule has 1 aromatic heterocycles. The fraction of sp³-hybridized carbons (Fsp3) is 0. The molecule has 0 aliphatic rings. The summed E-state index contributed by atoms with van der Waals surface area (Å²) < 4.78 is 0.918. The molecule has 4 nitrogen and oxygen atoms in total. The van der Waals surface area contributed by atoms with E-state index in [-0.39, 0.29) is 0 Å². The predicted octanol–water partition coefficient (Wildman–Crippen LogP) is 4.65. The molecule has 0 bridgehead atoms. The Morgan fingerprint density at radius 1 is 1.04 bits per heavy atom. The van der Waals surface area contributed by atoms with Crippen LogP contribution < -0.4 is 11.1 Å². The van der Waals surface area contributed by atoms with E-state index < -0.39 is 0 Å². The highest BCUT2D eigenvalue weighted by Crippen LogP contribution is 2.34. The van der Waals surface area contributed by atoms with E-state index in [2.05, 4.69) is 26.2 Å². The minimum absolute atomic E-state index is 0.557. The van der Waals surface area contributed by atoms with Crippen molar-refractivity contribution in [1.29, 1.82) is 0 Å². The summed E-state index contributed by atoms with van der Waals surface area (Å²) >= 11 is 3.48. The number of nitrogen functional groups attached to an aromatic ring is 1. The van der Waals surface area contributed by atoms with Crippen LogP contribution in [-0.4, -0.2) is 11.3 Å². The topological polar surface area (TPSA) is 68.0 Å². The Balaban J connectivity index is 2.12. The summed E-state index contributed by atoms with van der Waals surface area (Å²) in [5.41, 5.74) is 9.72. The van der Waals surface area contributed by atoms with Crippen LogP contribution in [0.1, 0.15) is 10.4 Å². The first kappa shape index (κ1) is 15.2. The van der Waals surface area contributed by atoms with Crippen molar-refractivity contribution in [2.24, 2.45) is 0 Å². The molecule has 3 N–H and O–H groups in total. The van der Waals surface area contributed by atoms with Gasteiger partial charge in [-0.3, -0.25) is 4.79 Å². The molecule has 0 saturated carbocycles. The molecule has 3 rings (SSSR count). The molecular weight excluding hydrogens is 354 g/mol. The number of nitrogens with two attached hydrogens (primary N) is 1. The van der Waals surface area contributed by atoms with E-state index >= 15 is 0 Å². The molecule has 0 spiro atoms. The van der Waals surface area contributed by atoms with E-state index in [1.165, 1.54) is 0 Å². The SMILES string of the molecule is Nc1cccnc1Nc1cc(Br)ccc1-c1ccccc1C=O. The number of hydrogen-bond donors (Lipinski definition) is 2. The molecule has 3 aromatic rings. The highest BCUT2D eigenvalue weighted by atomic mass is 79.9. The van der Waals surface area contributed by atoms with Gasteiger partial charge in [0, 0.05) is 27.5 Å². The lowest BCUT2D eigenvalue weighted by Gasteiger charge is -2.14. The fourth-order valence-corrected chi connectivity index (χ4v) is 2.71. The van der Waals surface area contributed by atoms with Crippen LogP contribution in [0.5, 0.6) is 0 Å². The van der Waals surface area contributed by atoms with Gasteiger partial charge in [-0.2, -0.15) is 0 Å². The number of rotatable bonds is 4. The molecule has 0 fully saturated rings. The Hall–Kier alpha value is -2.66. The van der Waals surface area contributed by atoms with Crippen LogP contribution >= 0.6 is 15.9 Å². The van der Waals surface area contributed by atoms with Gasteiger partial charge in [0.15, 0.2) is 12.1 Å². The van der Waals surface area contributed by atoms with Gasteiger partial charge in [0.1, 0.15) is 0 Å². The molecule has 5 heteroatoms. The van der Waals surface area contributed by atoms with Crippen molar-refractivity contribution >= 4 is 39.4 Å². The maximum atomic E-state index is 11.3. The lowest BCUT2D eigenvalue weighted by Crippen LogP contribution is -2.00. The van der Waals surface area contributed by atoms with Crippen molar-refractivity contribution in [3.8, 4) is 11.1 Å². The number of nitrogens with one attached hydrogen (secondary N) is 1. The van der Waals surface area contributed by atoms with Gasteiger partial charge in [0.2, 0.25) is 0 Å². The van der Waals surface area contributed by atoms with Crippen LogP contribution in [0.25, 0.3) is 11.1 Å². The molecule has 0 atom stereocenters. The molecule has 0 aliphatic carbocycles. The van der Waals surface area contributed by atoms with Gasteiger partial charge in [0.05, 0.1) is 5.69 Å². The maximum Gasteiger partial charge on any atom is 0.153 e. The third-order valence-corrected chi connectivity index (χ3v) is 3.94. The quantitative estimate of drug-likeness (QED) is 0.658. The number of benzene rings is 2. The molecule has 23 heavy (non-hydrogen) atoms. The standard InChI is InChI=1S/C18H14BrN3O/c19-13-7-8-15(14-5-2-1-4-12(14)11-23)17(10-13)22-18-16(20)6-3-9-21-18/h1-11H,20H2,(H,21,22). The highest BCUT2D eigenvalue weighted by Gasteiger charge is 2.11. The second-order valence-electron chi connectivity index (χ2n) is 4.96. The number of carbonyl (C=O) groups excluding carboxylic acids is 1. The van der Waals surface area contributed by atoms with Crippen molar-refractivity contribution in [1.82, 2.24) is 4.98 Å². The Kier molecular flexibility index (Phi) is 4.39. The van der Waals surface area contributed by atoms with Crippen LogP contribution in [0, 0.1) is 0 Å². The maximum absolute atomic E-state index is 11.3. The van der Waals surface area contributed by atoms with Crippen molar-refractivity contribution < 1.29 is 4.79 Å². The number of aldehydes is 1. The number of halogens is 1. The molecule has 0 saturated heterocycles. The first-order chi connectivity index (χ1) is 11.2. The Bertz CT molecular complexity index is 864. The van der Waals surface area contributed by atoms with Crippen molar-refractivity contribution in [3.63, 3.8) is 0 Å². The van der Waals surface area contributed by atoms with Gasteiger partial charge in [-0.1, -0.05) is 46.3 Å². The van der Waals surface area contributed by atoms with Gasteiger partial charge in [-0.05, 0) is 29.8 Å². The predicted molar refractivity (Wildman–Crippen MR) is 96.9 cm³/mol. The lowest BCUT2D eigenvalue weighted by atomic mass is 9.99. The summed E-state index contributed by atoms with van der Waals surface area (Å²) in [5, 5.41) is 3.25. The summed E-state index contributed by atoms with van der Waals surface area (Å²) in [6, 6.07) is 16.8. The van der Waals surface area contributed by atoms with Crippen LogP contribution in [0.2, 0.25) is 0 Å². The smallest absolute Gasteiger partial charge is 0.153 e. The molecule has 0 unspecified atom stereocenters. The number of anilines is 3. The van der Waals surface area contributed by atoms with Gasteiger partial charge in [0.25, 0.3) is 0 Å². The number of pyridine rings is 1. The van der Waals surface area contributed by atoms with Crippen LogP contribution in [0.3, 0.4) is 0 Å². The third-order valence-electron chi connectivity index (χ3n) is 3.45. The largest absolute Gasteiger partial charge is 0.396 e. The van der Waals surface area contributed by atoms with E-state index in [9.17, 15) is 4.79 Å². The highest BCUT2D eigenvalue weighted by molar-refractivity contribution is 9.10. The second kappa shape index (κ2) is 6.62. The molecule has 1 heterocycles. The minimum Gasteiger partial charge on any atom is -0.396 e. The third kappa shape index (κ3) is 3.24. The number of hydrogen-bond acceptors (Lipinski definition) is 4. The minimum atomic E-state index is 0.557. The van der Waals surface area contributed by atoms with E-state index in [0.29, 0.717) is 17.1 Å². The zero-order valence-electron chi connectivity index (χ0n) is 12.2. The monoisotopic (exact) mass is 367 g/mol. The molecule has 0 aliphatic heterocycles. The van der Waals surface area contributed by atoms with Gasteiger partial charge in [-0.25, -0.2) is 4.98 Å². The second-order valence-corrected chi connectivity index (χ2v) is 5.88. The fourth-order valence-electron chi connectivity index (χ4n) is 2.35. The molecule has 0 amide bonds. The van der Waals surface area contributed by atoms with Crippen molar-refractivity contribution in [3.05, 3.63) is 70.8 Å². The first-order valence-electron chi connectivity index (χ1n) is 7.00. The summed E-state index contributed by atoms with van der Waals surface area (Å²) in [6.07, 6.45) is 2.53. The zero-order valence-corrected chi connectivity index (χ0v) is 13.7. The number of nitrogens with zero attached hydrogens (tertiary/aromatic N) is 1. The van der Waals surface area contributed by atoms with Crippen LogP contribution in [-0.2, 0) is 0 Å². The first-order valence-corrected chi connectivity index (χ1v) is 7.80. The lowest BCUT2D eigenvalue weighted by molar-refractivity contribution is 0.112. The molecule has 114 valence electrons. The normalized spacial score (nSPS) is 10.3. The van der Waals surface area contributed by atoms with Crippen molar-refractivity contribution in [2.75, 3.05) is 11.1 Å². The summed E-state index contributed by atoms with van der Waals surface area (Å²) in [6.45, 7) is 0. The van der Waals surface area contributed by atoms with Crippen molar-refractivity contribution in [2.45, 2.75) is 0 Å². The number of carbonyl (C=O) groups is 1. The van der Waals surface area contributed by atoms with E-state index in [1.807, 2.05) is 36.4 Å². The summed E-state index contributed by atoms with van der Waals surface area (Å²) in [5.74, 6) is 0.579. The Morgan fingerprint density at radius 3 is 2.65 bits per heavy atom. The van der Waals surface area contributed by atoms with Gasteiger partial charge >= 0.3 is 0 Å². The molecular formula is C18H14BrN3O. The Labute approximate surface area is 142 Å². The van der Waals surface area contributed by atoms with E-state index in [4.69, 9.17) is 5.73 Å². The average Bonchev–Trinajstić information content (AvgIpc) is 2.57. The van der Waals surface area contributed by atoms with Crippen LogP contribution in [0.4, 0.5) is 17.2 Å². The van der Waals surface area contributed by atoms with E-state index in [1.54, 1.807) is 24.4 Å². The molecule has 2 aromatic carbocycles. The average molecular weight is 368 g/mol. The Morgan fingerprint density at radius 2 is 1.87 bits per heavy atom. The summed E-state index contributed by atoms with van der Waals surface area (Å²) in [7, 11) is 0. The number of aromatic nitrogens is 1. The van der Waals surface area contributed by atoms with Crippen LogP contribution in [0.15, 0.2) is 65.3 Å². The summed E-state index contributed by atoms with van der Waals surface area (Å²) in [4.78, 5) is 15.6. The van der Waals surface area contributed by atoms with E-state index in [0.717, 1.165) is 27.6 Å². The zero-order chi connectivity index (χ0) is 16.2.